The van der Waals surface area contributed by atoms with Crippen LogP contribution in [0.15, 0.2) is 91.1 Å². The third kappa shape index (κ3) is 4.55. The van der Waals surface area contributed by atoms with E-state index >= 15 is 0 Å². The maximum Gasteiger partial charge on any atom is 0.342 e. The second-order valence-electron chi connectivity index (χ2n) is 6.82. The molecule has 0 aliphatic heterocycles. The van der Waals surface area contributed by atoms with Crippen LogP contribution in [0.25, 0.3) is 16.9 Å². The molecule has 0 saturated heterocycles. The summed E-state index contributed by atoms with van der Waals surface area (Å²) >= 11 is 0. The molecule has 4 aromatic rings. The minimum atomic E-state index is -0.672. The van der Waals surface area contributed by atoms with Crippen molar-refractivity contribution in [1.29, 1.82) is 5.26 Å². The van der Waals surface area contributed by atoms with Gasteiger partial charge in [0.2, 0.25) is 0 Å². The van der Waals surface area contributed by atoms with Gasteiger partial charge in [-0.25, -0.2) is 9.48 Å². The molecule has 0 unspecified atom stereocenters. The predicted molar refractivity (Wildman–Crippen MR) is 119 cm³/mol. The van der Waals surface area contributed by atoms with Crippen LogP contribution in [0.2, 0.25) is 0 Å². The lowest BCUT2D eigenvalue weighted by molar-refractivity contribution is -0.119. The fourth-order valence-electron chi connectivity index (χ4n) is 3.13. The Morgan fingerprint density at radius 1 is 0.938 bits per heavy atom. The predicted octanol–water partition coefficient (Wildman–Crippen LogP) is 4.21. The summed E-state index contributed by atoms with van der Waals surface area (Å²) < 4.78 is 6.86. The van der Waals surface area contributed by atoms with Crippen molar-refractivity contribution in [1.82, 2.24) is 9.78 Å². The van der Waals surface area contributed by atoms with E-state index in [-0.39, 0.29) is 5.56 Å². The number of nitrogens with one attached hydrogen (secondary N) is 1. The number of aromatic nitrogens is 2. The van der Waals surface area contributed by atoms with Crippen LogP contribution in [0.1, 0.15) is 15.9 Å². The molecule has 0 radical (unpaired) electrons. The van der Waals surface area contributed by atoms with Crippen molar-refractivity contribution in [3.8, 4) is 23.0 Å². The van der Waals surface area contributed by atoms with Crippen molar-refractivity contribution >= 4 is 17.6 Å². The van der Waals surface area contributed by atoms with Gasteiger partial charge in [0.05, 0.1) is 16.9 Å². The fraction of sp³-hybridized carbons (Fsp3) is 0.0400. The fourth-order valence-corrected chi connectivity index (χ4v) is 3.13. The maximum atomic E-state index is 12.9. The van der Waals surface area contributed by atoms with E-state index < -0.39 is 18.5 Å². The van der Waals surface area contributed by atoms with Gasteiger partial charge in [0.25, 0.3) is 5.91 Å². The molecule has 0 bridgehead atoms. The zero-order valence-corrected chi connectivity index (χ0v) is 16.9. The van der Waals surface area contributed by atoms with E-state index in [1.165, 1.54) is 0 Å². The number of carbonyl (C=O) groups is 2. The molecule has 1 amide bonds. The van der Waals surface area contributed by atoms with E-state index in [0.29, 0.717) is 16.9 Å². The molecule has 0 aliphatic carbocycles. The van der Waals surface area contributed by atoms with E-state index in [2.05, 4.69) is 10.4 Å². The summed E-state index contributed by atoms with van der Waals surface area (Å²) in [5, 5.41) is 16.3. The van der Waals surface area contributed by atoms with Crippen LogP contribution >= 0.6 is 0 Å². The first kappa shape index (κ1) is 20.6. The number of esters is 1. The van der Waals surface area contributed by atoms with Crippen LogP contribution in [0.5, 0.6) is 0 Å². The molecule has 0 spiro atoms. The highest BCUT2D eigenvalue weighted by atomic mass is 16.5. The lowest BCUT2D eigenvalue weighted by Gasteiger charge is -2.08. The summed E-state index contributed by atoms with van der Waals surface area (Å²) in [6, 6.07) is 27.3. The van der Waals surface area contributed by atoms with Crippen LogP contribution in [-0.2, 0) is 9.53 Å². The van der Waals surface area contributed by atoms with Gasteiger partial charge >= 0.3 is 5.97 Å². The molecule has 156 valence electrons. The summed E-state index contributed by atoms with van der Waals surface area (Å²) in [5.74, 6) is -1.22. The standard InChI is InChI=1S/C25H18N4O3/c26-15-19-11-7-8-14-22(19)27-23(30)17-32-25(31)21-16-29(20-12-5-2-6-13-20)28-24(21)18-9-3-1-4-10-18/h1-14,16H,17H2,(H,27,30). The van der Waals surface area contributed by atoms with Crippen LogP contribution in [0.3, 0.4) is 0 Å². The molecule has 1 aromatic heterocycles. The Kier molecular flexibility index (Phi) is 6.05. The molecule has 0 saturated carbocycles. The highest BCUT2D eigenvalue weighted by molar-refractivity contribution is 5.99. The first-order chi connectivity index (χ1) is 15.7. The van der Waals surface area contributed by atoms with Crippen LogP contribution in [0.4, 0.5) is 5.69 Å². The van der Waals surface area contributed by atoms with Crippen LogP contribution in [0, 0.1) is 11.3 Å². The molecular weight excluding hydrogens is 404 g/mol. The monoisotopic (exact) mass is 422 g/mol. The average Bonchev–Trinajstić information content (AvgIpc) is 3.30. The van der Waals surface area contributed by atoms with Gasteiger partial charge in [-0.3, -0.25) is 4.79 Å². The normalized spacial score (nSPS) is 10.2. The van der Waals surface area contributed by atoms with Gasteiger partial charge in [0.1, 0.15) is 17.3 Å². The van der Waals surface area contributed by atoms with Gasteiger partial charge in [0, 0.05) is 11.8 Å². The summed E-state index contributed by atoms with van der Waals surface area (Å²) in [4.78, 5) is 25.1. The molecular formula is C25H18N4O3. The van der Waals surface area contributed by atoms with Crippen molar-refractivity contribution in [3.63, 3.8) is 0 Å². The van der Waals surface area contributed by atoms with Gasteiger partial charge in [-0.15, -0.1) is 0 Å². The smallest absolute Gasteiger partial charge is 0.342 e. The van der Waals surface area contributed by atoms with Crippen molar-refractivity contribution in [2.24, 2.45) is 0 Å². The summed E-state index contributed by atoms with van der Waals surface area (Å²) in [6.45, 7) is -0.497. The number of ether oxygens (including phenoxy) is 1. The van der Waals surface area contributed by atoms with Gasteiger partial charge in [-0.1, -0.05) is 60.7 Å². The number of hydrogen-bond donors (Lipinski definition) is 1. The lowest BCUT2D eigenvalue weighted by atomic mass is 10.1. The minimum Gasteiger partial charge on any atom is -0.452 e. The summed E-state index contributed by atoms with van der Waals surface area (Å²) in [6.07, 6.45) is 1.59. The second-order valence-corrected chi connectivity index (χ2v) is 6.82. The summed E-state index contributed by atoms with van der Waals surface area (Å²) in [5.41, 5.74) is 2.91. The van der Waals surface area contributed by atoms with E-state index in [1.807, 2.05) is 66.7 Å². The number of benzene rings is 3. The highest BCUT2D eigenvalue weighted by Crippen LogP contribution is 2.24. The molecule has 1 N–H and O–H groups in total. The molecule has 4 rings (SSSR count). The largest absolute Gasteiger partial charge is 0.452 e. The molecule has 7 heteroatoms. The first-order valence-corrected chi connectivity index (χ1v) is 9.82. The van der Waals surface area contributed by atoms with E-state index in [0.717, 1.165) is 11.3 Å². The third-order valence-electron chi connectivity index (χ3n) is 4.66. The zero-order chi connectivity index (χ0) is 22.3. The minimum absolute atomic E-state index is 0.241. The van der Waals surface area contributed by atoms with E-state index in [1.54, 1.807) is 35.1 Å². The SMILES string of the molecule is N#Cc1ccccc1NC(=O)COC(=O)c1cn(-c2ccccc2)nc1-c1ccccc1. The summed E-state index contributed by atoms with van der Waals surface area (Å²) in [7, 11) is 0. The second kappa shape index (κ2) is 9.41. The van der Waals surface area contributed by atoms with Gasteiger partial charge in [-0.05, 0) is 24.3 Å². The zero-order valence-electron chi connectivity index (χ0n) is 16.9. The molecule has 0 atom stereocenters. The number of nitrogens with zero attached hydrogens (tertiary/aromatic N) is 3. The Hall–Kier alpha value is -4.70. The Bertz CT molecular complexity index is 1290. The molecule has 32 heavy (non-hydrogen) atoms. The van der Waals surface area contributed by atoms with Crippen LogP contribution < -0.4 is 5.32 Å². The van der Waals surface area contributed by atoms with Crippen molar-refractivity contribution in [2.45, 2.75) is 0 Å². The molecule has 1 heterocycles. The van der Waals surface area contributed by atoms with Gasteiger partial charge < -0.3 is 10.1 Å². The number of carbonyl (C=O) groups excluding carboxylic acids is 2. The number of nitriles is 1. The van der Waals surface area contributed by atoms with E-state index in [4.69, 9.17) is 10.00 Å². The molecule has 3 aromatic carbocycles. The maximum absolute atomic E-state index is 12.9. The van der Waals surface area contributed by atoms with E-state index in [9.17, 15) is 9.59 Å². The number of rotatable bonds is 6. The number of hydrogen-bond acceptors (Lipinski definition) is 5. The number of para-hydroxylation sites is 2. The number of amides is 1. The Morgan fingerprint density at radius 2 is 1.59 bits per heavy atom. The Labute approximate surface area is 184 Å². The average molecular weight is 422 g/mol. The molecule has 0 aliphatic rings. The van der Waals surface area contributed by atoms with Crippen molar-refractivity contribution < 1.29 is 14.3 Å². The number of anilines is 1. The lowest BCUT2D eigenvalue weighted by Crippen LogP contribution is -2.21. The molecule has 0 fully saturated rings. The first-order valence-electron chi connectivity index (χ1n) is 9.82. The van der Waals surface area contributed by atoms with Crippen molar-refractivity contribution in [3.05, 3.63) is 102 Å². The topological polar surface area (TPSA) is 97.0 Å². The van der Waals surface area contributed by atoms with Gasteiger partial charge in [0.15, 0.2) is 6.61 Å². The van der Waals surface area contributed by atoms with Crippen LogP contribution in [-0.4, -0.2) is 28.3 Å². The quantitative estimate of drug-likeness (QED) is 0.470. The Balaban J connectivity index is 1.54. The molecule has 7 nitrogen and oxygen atoms in total. The third-order valence-corrected chi connectivity index (χ3v) is 4.66. The van der Waals surface area contributed by atoms with Gasteiger partial charge in [-0.2, -0.15) is 10.4 Å². The van der Waals surface area contributed by atoms with Crippen molar-refractivity contribution in [2.75, 3.05) is 11.9 Å². The highest BCUT2D eigenvalue weighted by Gasteiger charge is 2.21. The Morgan fingerprint density at radius 3 is 2.31 bits per heavy atom.